The Hall–Kier alpha value is -1.12. The first kappa shape index (κ1) is 11.4. The van der Waals surface area contributed by atoms with E-state index in [2.05, 4.69) is 42.1 Å². The van der Waals surface area contributed by atoms with Crippen molar-refractivity contribution in [3.05, 3.63) is 17.6 Å². The molecule has 0 aromatic carbocycles. The Morgan fingerprint density at radius 1 is 1.38 bits per heavy atom. The minimum absolute atomic E-state index is 0.159. The van der Waals surface area contributed by atoms with Gasteiger partial charge in [-0.1, -0.05) is 6.92 Å². The molecule has 2 rings (SSSR count). The topological polar surface area (TPSA) is 37.8 Å². The van der Waals surface area contributed by atoms with E-state index in [1.165, 1.54) is 12.8 Å². The Morgan fingerprint density at radius 2 is 2.06 bits per heavy atom. The van der Waals surface area contributed by atoms with Crippen LogP contribution in [0.2, 0.25) is 0 Å². The highest BCUT2D eigenvalue weighted by Gasteiger charge is 2.37. The summed E-state index contributed by atoms with van der Waals surface area (Å²) < 4.78 is 0. The van der Waals surface area contributed by atoms with Crippen LogP contribution in [0, 0.1) is 12.8 Å². The van der Waals surface area contributed by atoms with E-state index in [0.29, 0.717) is 0 Å². The fourth-order valence-corrected chi connectivity index (χ4v) is 2.11. The maximum Gasteiger partial charge on any atom is 0.130 e. The van der Waals surface area contributed by atoms with Gasteiger partial charge in [-0.2, -0.15) is 0 Å². The summed E-state index contributed by atoms with van der Waals surface area (Å²) in [5.74, 6) is 2.63. The van der Waals surface area contributed by atoms with Gasteiger partial charge in [0, 0.05) is 17.3 Å². The zero-order valence-corrected chi connectivity index (χ0v) is 10.7. The van der Waals surface area contributed by atoms with Crippen LogP contribution in [0.25, 0.3) is 0 Å². The molecule has 1 N–H and O–H groups in total. The lowest BCUT2D eigenvalue weighted by atomic mass is 9.99. The van der Waals surface area contributed by atoms with Gasteiger partial charge < -0.3 is 5.32 Å². The van der Waals surface area contributed by atoms with Gasteiger partial charge in [0.1, 0.15) is 11.6 Å². The van der Waals surface area contributed by atoms with Crippen molar-refractivity contribution in [3.63, 3.8) is 0 Å². The quantitative estimate of drug-likeness (QED) is 0.846. The summed E-state index contributed by atoms with van der Waals surface area (Å²) in [7, 11) is 0. The van der Waals surface area contributed by atoms with Crippen LogP contribution in [-0.4, -0.2) is 15.5 Å². The molecule has 3 nitrogen and oxygen atoms in total. The molecule has 1 aliphatic rings. The van der Waals surface area contributed by atoms with Crippen LogP contribution in [0.15, 0.2) is 6.07 Å². The average Bonchev–Trinajstić information content (AvgIpc) is 2.98. The number of hydrogen-bond donors (Lipinski definition) is 1. The van der Waals surface area contributed by atoms with Crippen LogP contribution in [0.1, 0.15) is 45.1 Å². The van der Waals surface area contributed by atoms with Crippen molar-refractivity contribution in [2.45, 2.75) is 52.5 Å². The van der Waals surface area contributed by atoms with Crippen molar-refractivity contribution in [3.8, 4) is 0 Å². The Balaban J connectivity index is 2.16. The zero-order chi connectivity index (χ0) is 11.8. The molecule has 3 heteroatoms. The summed E-state index contributed by atoms with van der Waals surface area (Å²) in [5.41, 5.74) is 1.27. The molecule has 1 aromatic rings. The lowest BCUT2D eigenvalue weighted by molar-refractivity contribution is 0.492. The number of hydrogen-bond acceptors (Lipinski definition) is 3. The van der Waals surface area contributed by atoms with Crippen LogP contribution in [0.5, 0.6) is 0 Å². The second-order valence-corrected chi connectivity index (χ2v) is 5.27. The van der Waals surface area contributed by atoms with E-state index < -0.39 is 0 Å². The molecular formula is C13H21N3. The predicted molar refractivity (Wildman–Crippen MR) is 66.6 cm³/mol. The molecule has 1 saturated carbocycles. The molecule has 0 spiro atoms. The fraction of sp³-hybridized carbons (Fsp3) is 0.692. The summed E-state index contributed by atoms with van der Waals surface area (Å²) in [4.78, 5) is 8.85. The highest BCUT2D eigenvalue weighted by atomic mass is 15.1. The van der Waals surface area contributed by atoms with E-state index in [4.69, 9.17) is 0 Å². The number of nitrogens with zero attached hydrogens (tertiary/aromatic N) is 2. The minimum Gasteiger partial charge on any atom is -0.365 e. The Bertz CT molecular complexity index is 381. The van der Waals surface area contributed by atoms with Crippen LogP contribution in [0.4, 0.5) is 5.82 Å². The normalized spacial score (nSPS) is 16.2. The van der Waals surface area contributed by atoms with Crippen molar-refractivity contribution in [1.82, 2.24) is 9.97 Å². The maximum absolute atomic E-state index is 4.45. The van der Waals surface area contributed by atoms with Crippen LogP contribution >= 0.6 is 0 Å². The Kier molecular flexibility index (Phi) is 2.87. The first-order valence-corrected chi connectivity index (χ1v) is 6.14. The largest absolute Gasteiger partial charge is 0.365 e. The van der Waals surface area contributed by atoms with Gasteiger partial charge in [0.25, 0.3) is 0 Å². The molecule has 1 aromatic heterocycles. The SMILES string of the molecule is CCc1cc(NC(C)(C)C2CC2)nc(C)n1. The Labute approximate surface area is 97.7 Å². The molecule has 0 amide bonds. The van der Waals surface area contributed by atoms with Crippen molar-refractivity contribution >= 4 is 5.82 Å². The summed E-state index contributed by atoms with van der Waals surface area (Å²) in [6, 6.07) is 2.07. The van der Waals surface area contributed by atoms with Crippen molar-refractivity contribution in [2.24, 2.45) is 5.92 Å². The highest BCUT2D eigenvalue weighted by Crippen LogP contribution is 2.40. The number of aryl methyl sites for hydroxylation is 2. The third-order valence-corrected chi connectivity index (χ3v) is 3.30. The molecule has 88 valence electrons. The third kappa shape index (κ3) is 2.52. The number of rotatable bonds is 4. The highest BCUT2D eigenvalue weighted by molar-refractivity contribution is 5.39. The van der Waals surface area contributed by atoms with E-state index in [0.717, 1.165) is 29.7 Å². The molecular weight excluding hydrogens is 198 g/mol. The number of nitrogens with one attached hydrogen (secondary N) is 1. The van der Waals surface area contributed by atoms with Gasteiger partial charge in [0.05, 0.1) is 0 Å². The van der Waals surface area contributed by atoms with Gasteiger partial charge in [-0.05, 0) is 46.0 Å². The number of aromatic nitrogens is 2. The van der Waals surface area contributed by atoms with Crippen LogP contribution < -0.4 is 5.32 Å². The van der Waals surface area contributed by atoms with E-state index in [1.54, 1.807) is 0 Å². The summed E-state index contributed by atoms with van der Waals surface area (Å²) >= 11 is 0. The van der Waals surface area contributed by atoms with Gasteiger partial charge in [-0.15, -0.1) is 0 Å². The summed E-state index contributed by atoms with van der Waals surface area (Å²) in [6.45, 7) is 8.59. The molecule has 16 heavy (non-hydrogen) atoms. The van der Waals surface area contributed by atoms with E-state index in [1.807, 2.05) is 6.92 Å². The van der Waals surface area contributed by atoms with Crippen molar-refractivity contribution in [1.29, 1.82) is 0 Å². The zero-order valence-electron chi connectivity index (χ0n) is 10.7. The van der Waals surface area contributed by atoms with Crippen LogP contribution in [-0.2, 0) is 6.42 Å². The van der Waals surface area contributed by atoms with Gasteiger partial charge in [0.15, 0.2) is 0 Å². The first-order chi connectivity index (χ1) is 7.51. The Morgan fingerprint density at radius 3 is 2.62 bits per heavy atom. The monoisotopic (exact) mass is 219 g/mol. The van der Waals surface area contributed by atoms with Crippen molar-refractivity contribution < 1.29 is 0 Å². The predicted octanol–water partition coefficient (Wildman–Crippen LogP) is 2.95. The van der Waals surface area contributed by atoms with E-state index >= 15 is 0 Å². The van der Waals surface area contributed by atoms with E-state index in [9.17, 15) is 0 Å². The average molecular weight is 219 g/mol. The molecule has 0 atom stereocenters. The molecule has 1 fully saturated rings. The first-order valence-electron chi connectivity index (χ1n) is 6.14. The molecule has 1 heterocycles. The third-order valence-electron chi connectivity index (χ3n) is 3.30. The molecule has 0 unspecified atom stereocenters. The van der Waals surface area contributed by atoms with Gasteiger partial charge in [-0.3, -0.25) is 0 Å². The molecule has 0 bridgehead atoms. The molecule has 0 saturated heterocycles. The maximum atomic E-state index is 4.45. The van der Waals surface area contributed by atoms with Gasteiger partial charge >= 0.3 is 0 Å². The standard InChI is InChI=1S/C13H21N3/c1-5-11-8-12(15-9(2)14-11)16-13(3,4)10-6-7-10/h8,10H,5-7H2,1-4H3,(H,14,15,16). The fourth-order valence-electron chi connectivity index (χ4n) is 2.11. The second kappa shape index (κ2) is 4.04. The molecule has 0 radical (unpaired) electrons. The minimum atomic E-state index is 0.159. The lowest BCUT2D eigenvalue weighted by Gasteiger charge is -2.27. The van der Waals surface area contributed by atoms with E-state index in [-0.39, 0.29) is 5.54 Å². The molecule has 0 aliphatic heterocycles. The smallest absolute Gasteiger partial charge is 0.130 e. The number of anilines is 1. The molecule has 1 aliphatic carbocycles. The summed E-state index contributed by atoms with van der Waals surface area (Å²) in [6.07, 6.45) is 3.64. The van der Waals surface area contributed by atoms with Crippen molar-refractivity contribution in [2.75, 3.05) is 5.32 Å². The summed E-state index contributed by atoms with van der Waals surface area (Å²) in [5, 5.41) is 3.54. The van der Waals surface area contributed by atoms with Gasteiger partial charge in [-0.25, -0.2) is 9.97 Å². The van der Waals surface area contributed by atoms with Crippen LogP contribution in [0.3, 0.4) is 0 Å². The van der Waals surface area contributed by atoms with Gasteiger partial charge in [0.2, 0.25) is 0 Å². The lowest BCUT2D eigenvalue weighted by Crippen LogP contribution is -2.33. The second-order valence-electron chi connectivity index (χ2n) is 5.27.